The van der Waals surface area contributed by atoms with E-state index in [1.807, 2.05) is 67.7 Å². The Morgan fingerprint density at radius 3 is 1.40 bits per heavy atom. The van der Waals surface area contributed by atoms with E-state index in [0.717, 1.165) is 24.1 Å². The molecule has 0 spiro atoms. The van der Waals surface area contributed by atoms with Crippen LogP contribution in [0.3, 0.4) is 0 Å². The van der Waals surface area contributed by atoms with Gasteiger partial charge in [0, 0.05) is 50.4 Å². The lowest BCUT2D eigenvalue weighted by atomic mass is 9.97. The fourth-order valence-electron chi connectivity index (χ4n) is 8.27. The SMILES string of the molecule is CNCCCCC(NC(=O)CCCCC(=O)NC(Cc1ccccc1)C(=O)O[C@@H]1CCC2C1CC[C@@H]2OC(=O)C(Cc1ccccc1)NC(=O)CCCCC(C)=O)C(=O)O. The third-order valence-corrected chi connectivity index (χ3v) is 11.5. The smallest absolute Gasteiger partial charge is 0.329 e. The van der Waals surface area contributed by atoms with E-state index < -0.39 is 48.2 Å². The lowest BCUT2D eigenvalue weighted by Crippen LogP contribution is -2.45. The predicted molar refractivity (Wildman–Crippen MR) is 224 cm³/mol. The highest BCUT2D eigenvalue weighted by molar-refractivity contribution is 5.86. The largest absolute Gasteiger partial charge is 0.480 e. The van der Waals surface area contributed by atoms with Crippen LogP contribution in [0.4, 0.5) is 0 Å². The van der Waals surface area contributed by atoms with E-state index in [-0.39, 0.29) is 67.4 Å². The number of hydrogen-bond acceptors (Lipinski definition) is 10. The summed E-state index contributed by atoms with van der Waals surface area (Å²) in [7, 11) is 1.82. The number of unbranched alkanes of at least 4 members (excludes halogenated alkanes) is 3. The molecule has 2 saturated carbocycles. The monoisotopic (exact) mass is 832 g/mol. The molecular weight excluding hydrogens is 769 g/mol. The Kier molecular flexibility index (Phi) is 20.2. The van der Waals surface area contributed by atoms with Gasteiger partial charge in [0.15, 0.2) is 0 Å². The van der Waals surface area contributed by atoms with Crippen molar-refractivity contribution in [3.63, 3.8) is 0 Å². The Labute approximate surface area is 353 Å². The van der Waals surface area contributed by atoms with E-state index in [4.69, 9.17) is 9.47 Å². The van der Waals surface area contributed by atoms with Gasteiger partial charge < -0.3 is 40.6 Å². The van der Waals surface area contributed by atoms with Gasteiger partial charge in [0.2, 0.25) is 17.7 Å². The molecule has 0 saturated heterocycles. The maximum atomic E-state index is 13.8. The maximum Gasteiger partial charge on any atom is 0.329 e. The fourth-order valence-corrected chi connectivity index (χ4v) is 8.27. The van der Waals surface area contributed by atoms with Crippen molar-refractivity contribution in [1.29, 1.82) is 0 Å². The molecule has 14 nitrogen and oxygen atoms in total. The molecule has 4 rings (SSSR count). The number of carbonyl (C=O) groups is 7. The quantitative estimate of drug-likeness (QED) is 0.0614. The first-order valence-electron chi connectivity index (χ1n) is 21.7. The molecule has 14 heteroatoms. The number of rotatable bonds is 27. The first-order chi connectivity index (χ1) is 28.9. The van der Waals surface area contributed by atoms with Gasteiger partial charge in [-0.15, -0.1) is 0 Å². The highest BCUT2D eigenvalue weighted by Crippen LogP contribution is 2.47. The number of carboxylic acids is 1. The highest BCUT2D eigenvalue weighted by Gasteiger charge is 2.49. The summed E-state index contributed by atoms with van der Waals surface area (Å²) in [5.74, 6) is -3.10. The molecule has 328 valence electrons. The number of ether oxygens (including phenoxy) is 2. The van der Waals surface area contributed by atoms with Crippen LogP contribution in [-0.2, 0) is 55.9 Å². The number of benzene rings is 2. The van der Waals surface area contributed by atoms with E-state index in [9.17, 15) is 38.7 Å². The van der Waals surface area contributed by atoms with Crippen molar-refractivity contribution < 1.29 is 48.1 Å². The van der Waals surface area contributed by atoms with Crippen LogP contribution in [0.25, 0.3) is 0 Å². The topological polar surface area (TPSA) is 206 Å². The Hall–Kier alpha value is -5.11. The molecule has 0 aromatic heterocycles. The number of carbonyl (C=O) groups excluding carboxylic acids is 6. The molecule has 2 aromatic rings. The number of carboxylic acid groups (broad SMARTS) is 1. The summed E-state index contributed by atoms with van der Waals surface area (Å²) in [6.45, 7) is 2.29. The minimum atomic E-state index is -1.08. The van der Waals surface area contributed by atoms with Crippen LogP contribution in [0.1, 0.15) is 114 Å². The number of esters is 2. The van der Waals surface area contributed by atoms with E-state index in [2.05, 4.69) is 21.3 Å². The first-order valence-corrected chi connectivity index (χ1v) is 21.7. The van der Waals surface area contributed by atoms with Gasteiger partial charge >= 0.3 is 17.9 Å². The molecular formula is C46H64N4O10. The third kappa shape index (κ3) is 16.5. The van der Waals surface area contributed by atoms with Crippen LogP contribution < -0.4 is 21.3 Å². The lowest BCUT2D eigenvalue weighted by molar-refractivity contribution is -0.157. The Balaban J connectivity index is 1.29. The Morgan fingerprint density at radius 2 is 1.00 bits per heavy atom. The van der Waals surface area contributed by atoms with Crippen LogP contribution >= 0.6 is 0 Å². The highest BCUT2D eigenvalue weighted by atomic mass is 16.6. The average Bonchev–Trinajstić information content (AvgIpc) is 3.82. The second kappa shape index (κ2) is 25.5. The van der Waals surface area contributed by atoms with Gasteiger partial charge in [0.25, 0.3) is 0 Å². The van der Waals surface area contributed by atoms with Crippen LogP contribution in [0.2, 0.25) is 0 Å². The molecule has 60 heavy (non-hydrogen) atoms. The minimum absolute atomic E-state index is 0.0186. The molecule has 2 aliphatic carbocycles. The van der Waals surface area contributed by atoms with Crippen molar-refractivity contribution in [2.75, 3.05) is 13.6 Å². The summed E-state index contributed by atoms with van der Waals surface area (Å²) in [5.41, 5.74) is 1.73. The normalized spacial score (nSPS) is 19.6. The molecule has 2 aromatic carbocycles. The Morgan fingerprint density at radius 1 is 0.583 bits per heavy atom. The molecule has 3 amide bonds. The molecule has 2 aliphatic rings. The van der Waals surface area contributed by atoms with Gasteiger partial charge in [-0.1, -0.05) is 60.7 Å². The number of Topliss-reactive ketones (excluding diaryl/α,β-unsaturated/α-hetero) is 1. The standard InChI is InChI=1S/C46H64N4O10/c1-31(51)15-9-10-21-42(53)49-37(29-32-16-5-3-6-17-32)45(57)59-39-26-24-35-34(39)25-27-40(35)60-46(58)38(30-33-18-7-4-8-19-33)50-43(54)23-12-11-22-41(52)48-36(44(55)56)20-13-14-28-47-2/h3-8,16-19,34-40,47H,9-15,20-30H2,1-2H3,(H,48,52)(H,49,53)(H,50,54)(H,55,56)/t34?,35?,36?,37?,38?,39-,40+/m0/s1. The molecule has 2 fully saturated rings. The zero-order chi connectivity index (χ0) is 43.3. The van der Waals surface area contributed by atoms with Crippen LogP contribution in [0, 0.1) is 11.8 Å². The summed E-state index contributed by atoms with van der Waals surface area (Å²) in [5, 5.41) is 20.8. The van der Waals surface area contributed by atoms with Gasteiger partial charge in [-0.3, -0.25) is 14.4 Å². The molecule has 0 radical (unpaired) electrons. The van der Waals surface area contributed by atoms with Gasteiger partial charge in [-0.25, -0.2) is 14.4 Å². The summed E-state index contributed by atoms with van der Waals surface area (Å²) in [4.78, 5) is 88.8. The van der Waals surface area contributed by atoms with Crippen molar-refractivity contribution in [2.45, 2.75) is 146 Å². The van der Waals surface area contributed by atoms with Crippen LogP contribution in [0.15, 0.2) is 60.7 Å². The maximum absolute atomic E-state index is 13.8. The molecule has 5 unspecified atom stereocenters. The van der Waals surface area contributed by atoms with Crippen molar-refractivity contribution in [3.8, 4) is 0 Å². The summed E-state index contributed by atoms with van der Waals surface area (Å²) < 4.78 is 12.2. The van der Waals surface area contributed by atoms with Gasteiger partial charge in [-0.2, -0.15) is 0 Å². The summed E-state index contributed by atoms with van der Waals surface area (Å²) in [6, 6.07) is 16.0. The number of aliphatic carboxylic acids is 1. The molecule has 7 atom stereocenters. The van der Waals surface area contributed by atoms with Gasteiger partial charge in [0.1, 0.15) is 36.1 Å². The molecule has 0 aliphatic heterocycles. The fraction of sp³-hybridized carbons (Fsp3) is 0.587. The number of hydrogen-bond donors (Lipinski definition) is 5. The van der Waals surface area contributed by atoms with Gasteiger partial charge in [-0.05, 0) is 102 Å². The summed E-state index contributed by atoms with van der Waals surface area (Å²) in [6.07, 6.45) is 6.72. The second-order valence-corrected chi connectivity index (χ2v) is 16.2. The average molecular weight is 833 g/mol. The zero-order valence-electron chi connectivity index (χ0n) is 35.2. The van der Waals surface area contributed by atoms with Crippen molar-refractivity contribution in [1.82, 2.24) is 21.3 Å². The van der Waals surface area contributed by atoms with E-state index in [1.54, 1.807) is 0 Å². The summed E-state index contributed by atoms with van der Waals surface area (Å²) >= 11 is 0. The van der Waals surface area contributed by atoms with E-state index in [1.165, 1.54) is 6.92 Å². The number of nitrogens with one attached hydrogen (secondary N) is 4. The Bertz CT molecular complexity index is 1710. The van der Waals surface area contributed by atoms with E-state index >= 15 is 0 Å². The molecule has 0 bridgehead atoms. The minimum Gasteiger partial charge on any atom is -0.480 e. The molecule has 5 N–H and O–H groups in total. The van der Waals surface area contributed by atoms with Crippen LogP contribution in [0.5, 0.6) is 0 Å². The number of amides is 3. The van der Waals surface area contributed by atoms with Crippen LogP contribution in [-0.4, -0.2) is 90.4 Å². The van der Waals surface area contributed by atoms with Crippen molar-refractivity contribution >= 4 is 41.4 Å². The second-order valence-electron chi connectivity index (χ2n) is 16.2. The zero-order valence-corrected chi connectivity index (χ0v) is 35.2. The predicted octanol–water partition coefficient (Wildman–Crippen LogP) is 4.75. The van der Waals surface area contributed by atoms with Crippen molar-refractivity contribution in [2.24, 2.45) is 11.8 Å². The lowest BCUT2D eigenvalue weighted by Gasteiger charge is -2.25. The first kappa shape index (κ1) is 47.6. The third-order valence-electron chi connectivity index (χ3n) is 11.5. The number of fused-ring (bicyclic) bond motifs is 1. The van der Waals surface area contributed by atoms with Gasteiger partial charge in [0.05, 0.1) is 0 Å². The van der Waals surface area contributed by atoms with Crippen molar-refractivity contribution in [3.05, 3.63) is 71.8 Å². The molecule has 0 heterocycles. The van der Waals surface area contributed by atoms with E-state index in [0.29, 0.717) is 70.6 Å². The number of ketones is 1.